The van der Waals surface area contributed by atoms with E-state index < -0.39 is 0 Å². The van der Waals surface area contributed by atoms with Gasteiger partial charge in [-0.2, -0.15) is 0 Å². The van der Waals surface area contributed by atoms with Crippen LogP contribution in [0.1, 0.15) is 38.7 Å². The molecule has 0 fully saturated rings. The van der Waals surface area contributed by atoms with Gasteiger partial charge in [-0.25, -0.2) is 0 Å². The van der Waals surface area contributed by atoms with Gasteiger partial charge in [-0.3, -0.25) is 0 Å². The normalized spacial score (nSPS) is 11.3. The Balaban J connectivity index is 0.000000702. The van der Waals surface area contributed by atoms with E-state index in [-0.39, 0.29) is 0 Å². The van der Waals surface area contributed by atoms with Crippen molar-refractivity contribution in [3.8, 4) is 39.1 Å². The minimum atomic E-state index is 1.17. The summed E-state index contributed by atoms with van der Waals surface area (Å²) in [6.07, 6.45) is 4.08. The zero-order valence-corrected chi connectivity index (χ0v) is 29.7. The Morgan fingerprint density at radius 3 is 1.08 bits per heavy atom. The van der Waals surface area contributed by atoms with Crippen molar-refractivity contribution < 1.29 is 0 Å². The highest BCUT2D eigenvalue weighted by atomic mass is 15.0. The standard InChI is InChI=1S/C45H31N.C5H12/c1-30-18-20-33(21-19-30)44-38-12-2-4-14-40(38)45(41-15-5-3-13-39(41)44)34-24-22-31(23-25-34)32-26-28-35(29-27-32)46-42-16-8-6-10-36(42)37-11-7-9-17-43(37)46;1-3-5-4-2/h2-29H,1H3;3-5H2,1-2H3. The number of hydrogen-bond donors (Lipinski definition) is 0. The topological polar surface area (TPSA) is 4.93 Å². The van der Waals surface area contributed by atoms with E-state index in [0.29, 0.717) is 0 Å². The number of rotatable bonds is 6. The maximum absolute atomic E-state index is 2.37. The number of aryl methyl sites for hydroxylation is 1. The van der Waals surface area contributed by atoms with Gasteiger partial charge < -0.3 is 4.57 Å². The summed E-state index contributed by atoms with van der Waals surface area (Å²) < 4.78 is 2.37. The zero-order valence-electron chi connectivity index (χ0n) is 29.7. The van der Waals surface area contributed by atoms with Crippen molar-refractivity contribution in [1.82, 2.24) is 4.57 Å². The van der Waals surface area contributed by atoms with E-state index in [2.05, 4.69) is 195 Å². The third kappa shape index (κ3) is 6.00. The van der Waals surface area contributed by atoms with E-state index in [4.69, 9.17) is 0 Å². The molecule has 0 radical (unpaired) electrons. The van der Waals surface area contributed by atoms with Gasteiger partial charge >= 0.3 is 0 Å². The third-order valence-electron chi connectivity index (χ3n) is 10.2. The molecule has 1 nitrogen and oxygen atoms in total. The Morgan fingerprint density at radius 1 is 0.353 bits per heavy atom. The lowest BCUT2D eigenvalue weighted by Crippen LogP contribution is -1.93. The quantitative estimate of drug-likeness (QED) is 0.157. The molecule has 51 heavy (non-hydrogen) atoms. The molecule has 0 unspecified atom stereocenters. The molecule has 248 valence electrons. The molecule has 0 bridgehead atoms. The summed E-state index contributed by atoms with van der Waals surface area (Å²) in [5.41, 5.74) is 12.4. The molecule has 0 amide bonds. The second-order valence-corrected chi connectivity index (χ2v) is 13.6. The van der Waals surface area contributed by atoms with Gasteiger partial charge in [0.1, 0.15) is 0 Å². The molecule has 9 rings (SSSR count). The summed E-state index contributed by atoms with van der Waals surface area (Å²) in [5, 5.41) is 7.68. The molecule has 0 aliphatic carbocycles. The van der Waals surface area contributed by atoms with Crippen LogP contribution in [-0.4, -0.2) is 4.57 Å². The van der Waals surface area contributed by atoms with E-state index in [1.807, 2.05) is 0 Å². The van der Waals surface area contributed by atoms with E-state index in [9.17, 15) is 0 Å². The molecular formula is C50H43N. The Bertz CT molecular complexity index is 2490. The average Bonchev–Trinajstić information content (AvgIpc) is 3.52. The van der Waals surface area contributed by atoms with E-state index in [1.165, 1.54) is 107 Å². The largest absolute Gasteiger partial charge is 0.309 e. The summed E-state index contributed by atoms with van der Waals surface area (Å²) in [6, 6.07) is 62.1. The van der Waals surface area contributed by atoms with Crippen LogP contribution in [0.4, 0.5) is 0 Å². The fourth-order valence-electron chi connectivity index (χ4n) is 7.66. The number of fused-ring (bicyclic) bond motifs is 5. The number of para-hydroxylation sites is 2. The summed E-state index contributed by atoms with van der Waals surface area (Å²) in [5.74, 6) is 0. The van der Waals surface area contributed by atoms with E-state index in [0.717, 1.165) is 0 Å². The maximum Gasteiger partial charge on any atom is 0.0541 e. The molecule has 0 N–H and O–H groups in total. The smallest absolute Gasteiger partial charge is 0.0541 e. The molecule has 0 atom stereocenters. The van der Waals surface area contributed by atoms with Crippen molar-refractivity contribution in [2.75, 3.05) is 0 Å². The van der Waals surface area contributed by atoms with E-state index in [1.54, 1.807) is 0 Å². The van der Waals surface area contributed by atoms with Crippen molar-refractivity contribution in [2.24, 2.45) is 0 Å². The monoisotopic (exact) mass is 657 g/mol. The SMILES string of the molecule is CCCCC.Cc1ccc(-c2c3ccccc3c(-c3ccc(-c4ccc(-n5c6ccccc6c6ccccc65)cc4)cc3)c3ccccc23)cc1. The number of benzene rings is 8. The first kappa shape index (κ1) is 32.3. The lowest BCUT2D eigenvalue weighted by Gasteiger charge is -2.18. The number of aromatic nitrogens is 1. The fraction of sp³-hybridized carbons (Fsp3) is 0.120. The molecule has 0 saturated heterocycles. The van der Waals surface area contributed by atoms with Gasteiger partial charge in [0.25, 0.3) is 0 Å². The van der Waals surface area contributed by atoms with Gasteiger partial charge in [-0.05, 0) is 86.1 Å². The summed E-state index contributed by atoms with van der Waals surface area (Å²) in [4.78, 5) is 0. The summed E-state index contributed by atoms with van der Waals surface area (Å²) >= 11 is 0. The lowest BCUT2D eigenvalue weighted by molar-refractivity contribution is 0.772. The summed E-state index contributed by atoms with van der Waals surface area (Å²) in [6.45, 7) is 6.57. The maximum atomic E-state index is 2.37. The van der Waals surface area contributed by atoms with Crippen molar-refractivity contribution in [1.29, 1.82) is 0 Å². The predicted molar refractivity (Wildman–Crippen MR) is 222 cm³/mol. The van der Waals surface area contributed by atoms with Gasteiger partial charge in [0, 0.05) is 16.5 Å². The van der Waals surface area contributed by atoms with Crippen molar-refractivity contribution >= 4 is 43.4 Å². The first-order chi connectivity index (χ1) is 25.2. The van der Waals surface area contributed by atoms with Crippen molar-refractivity contribution in [3.63, 3.8) is 0 Å². The van der Waals surface area contributed by atoms with E-state index >= 15 is 0 Å². The number of nitrogens with zero attached hydrogens (tertiary/aromatic N) is 1. The second kappa shape index (κ2) is 14.1. The lowest BCUT2D eigenvalue weighted by atomic mass is 9.85. The average molecular weight is 658 g/mol. The summed E-state index contributed by atoms with van der Waals surface area (Å²) in [7, 11) is 0. The van der Waals surface area contributed by atoms with Crippen LogP contribution < -0.4 is 0 Å². The first-order valence-electron chi connectivity index (χ1n) is 18.4. The molecule has 1 heterocycles. The molecule has 1 heteroatoms. The van der Waals surface area contributed by atoms with Crippen LogP contribution in [0.2, 0.25) is 0 Å². The van der Waals surface area contributed by atoms with Gasteiger partial charge in [0.05, 0.1) is 11.0 Å². The molecule has 1 aromatic heterocycles. The Labute approximate surface area is 301 Å². The molecule has 0 saturated carbocycles. The number of unbranched alkanes of at least 4 members (excludes halogenated alkanes) is 2. The van der Waals surface area contributed by atoms with Crippen LogP contribution in [0.5, 0.6) is 0 Å². The molecule has 8 aromatic carbocycles. The molecule has 0 aliphatic rings. The molecule has 0 spiro atoms. The molecular weight excluding hydrogens is 615 g/mol. The van der Waals surface area contributed by atoms with Crippen LogP contribution in [0.25, 0.3) is 82.4 Å². The van der Waals surface area contributed by atoms with Gasteiger partial charge in [0.2, 0.25) is 0 Å². The van der Waals surface area contributed by atoms with Crippen LogP contribution in [0.3, 0.4) is 0 Å². The fourth-order valence-corrected chi connectivity index (χ4v) is 7.66. The van der Waals surface area contributed by atoms with Crippen LogP contribution >= 0.6 is 0 Å². The highest BCUT2D eigenvalue weighted by Crippen LogP contribution is 2.44. The zero-order chi connectivity index (χ0) is 34.7. The molecule has 9 aromatic rings. The van der Waals surface area contributed by atoms with Gasteiger partial charge in [-0.1, -0.05) is 184 Å². The van der Waals surface area contributed by atoms with Crippen LogP contribution in [0, 0.1) is 6.92 Å². The van der Waals surface area contributed by atoms with Gasteiger partial charge in [0.15, 0.2) is 0 Å². The minimum absolute atomic E-state index is 1.17. The highest BCUT2D eigenvalue weighted by Gasteiger charge is 2.17. The van der Waals surface area contributed by atoms with Gasteiger partial charge in [-0.15, -0.1) is 0 Å². The Morgan fingerprint density at radius 2 is 0.686 bits per heavy atom. The Hall–Kier alpha value is -5.92. The third-order valence-corrected chi connectivity index (χ3v) is 10.2. The van der Waals surface area contributed by atoms with Crippen LogP contribution in [-0.2, 0) is 0 Å². The highest BCUT2D eigenvalue weighted by molar-refractivity contribution is 6.21. The van der Waals surface area contributed by atoms with Crippen molar-refractivity contribution in [3.05, 3.63) is 175 Å². The molecule has 0 aliphatic heterocycles. The van der Waals surface area contributed by atoms with Crippen molar-refractivity contribution in [2.45, 2.75) is 40.0 Å². The minimum Gasteiger partial charge on any atom is -0.309 e. The number of hydrogen-bond acceptors (Lipinski definition) is 0. The van der Waals surface area contributed by atoms with Crippen LogP contribution in [0.15, 0.2) is 170 Å². The Kier molecular flexibility index (Phi) is 8.95. The first-order valence-corrected chi connectivity index (χ1v) is 18.4. The second-order valence-electron chi connectivity index (χ2n) is 13.6. The predicted octanol–water partition coefficient (Wildman–Crippen LogP) is 14.6.